The Morgan fingerprint density at radius 2 is 1.89 bits per heavy atom. The standard InChI is InChI=1S/C20H17ClFN3O2/c1-12-4-3-5-16(21)19(12)24-17(26)11-25-18(27)10-13(2)23-20(25)14-6-8-15(22)9-7-14/h3-10H,11H2,1-2H3,(H,24,26). The molecule has 138 valence electrons. The summed E-state index contributed by atoms with van der Waals surface area (Å²) < 4.78 is 14.5. The van der Waals surface area contributed by atoms with Gasteiger partial charge in [-0.25, -0.2) is 9.37 Å². The molecule has 1 amide bonds. The fourth-order valence-corrected chi connectivity index (χ4v) is 2.97. The number of rotatable bonds is 4. The van der Waals surface area contributed by atoms with E-state index in [-0.39, 0.29) is 12.1 Å². The molecule has 2 aromatic carbocycles. The molecule has 0 unspecified atom stereocenters. The van der Waals surface area contributed by atoms with Gasteiger partial charge in [-0.05, 0) is 49.7 Å². The van der Waals surface area contributed by atoms with Crippen LogP contribution in [0, 0.1) is 19.7 Å². The molecule has 0 saturated carbocycles. The summed E-state index contributed by atoms with van der Waals surface area (Å²) in [5.41, 5.74) is 1.99. The molecule has 27 heavy (non-hydrogen) atoms. The average molecular weight is 386 g/mol. The van der Waals surface area contributed by atoms with Crippen molar-refractivity contribution in [3.63, 3.8) is 0 Å². The number of halogens is 2. The van der Waals surface area contributed by atoms with E-state index in [2.05, 4.69) is 10.3 Å². The van der Waals surface area contributed by atoms with Gasteiger partial charge in [0, 0.05) is 17.3 Å². The highest BCUT2D eigenvalue weighted by Crippen LogP contribution is 2.25. The van der Waals surface area contributed by atoms with Gasteiger partial charge in [-0.3, -0.25) is 14.2 Å². The molecule has 0 aliphatic heterocycles. The number of carbonyl (C=O) groups is 1. The van der Waals surface area contributed by atoms with E-state index in [1.165, 1.54) is 34.9 Å². The number of carbonyl (C=O) groups excluding carboxylic acids is 1. The molecule has 1 aromatic heterocycles. The first-order valence-electron chi connectivity index (χ1n) is 8.24. The zero-order valence-electron chi connectivity index (χ0n) is 14.8. The Morgan fingerprint density at radius 1 is 1.19 bits per heavy atom. The van der Waals surface area contributed by atoms with E-state index in [9.17, 15) is 14.0 Å². The van der Waals surface area contributed by atoms with Crippen LogP contribution < -0.4 is 10.9 Å². The van der Waals surface area contributed by atoms with Gasteiger partial charge in [0.05, 0.1) is 10.7 Å². The lowest BCUT2D eigenvalue weighted by molar-refractivity contribution is -0.116. The van der Waals surface area contributed by atoms with Crippen LogP contribution >= 0.6 is 11.6 Å². The molecule has 0 bridgehead atoms. The van der Waals surface area contributed by atoms with Gasteiger partial charge in [-0.2, -0.15) is 0 Å². The Morgan fingerprint density at radius 3 is 2.56 bits per heavy atom. The van der Waals surface area contributed by atoms with Gasteiger partial charge in [-0.1, -0.05) is 23.7 Å². The number of amides is 1. The smallest absolute Gasteiger partial charge is 0.254 e. The number of aromatic nitrogens is 2. The molecular formula is C20H17ClFN3O2. The van der Waals surface area contributed by atoms with Crippen molar-refractivity contribution in [1.29, 1.82) is 0 Å². The van der Waals surface area contributed by atoms with Crippen LogP contribution in [0.5, 0.6) is 0 Å². The number of hydrogen-bond acceptors (Lipinski definition) is 3. The minimum atomic E-state index is -0.415. The van der Waals surface area contributed by atoms with Crippen molar-refractivity contribution >= 4 is 23.2 Å². The highest BCUT2D eigenvalue weighted by molar-refractivity contribution is 6.33. The number of nitrogens with zero attached hydrogens (tertiary/aromatic N) is 2. The largest absolute Gasteiger partial charge is 0.323 e. The number of aryl methyl sites for hydroxylation is 2. The molecular weight excluding hydrogens is 369 g/mol. The Labute approximate surface area is 160 Å². The predicted molar refractivity (Wildman–Crippen MR) is 103 cm³/mol. The molecule has 0 spiro atoms. The van der Waals surface area contributed by atoms with Crippen LogP contribution in [0.15, 0.2) is 53.3 Å². The maximum atomic E-state index is 13.2. The molecule has 5 nitrogen and oxygen atoms in total. The van der Waals surface area contributed by atoms with E-state index in [0.717, 1.165) is 5.56 Å². The summed E-state index contributed by atoms with van der Waals surface area (Å²) in [6.07, 6.45) is 0. The van der Waals surface area contributed by atoms with E-state index in [1.807, 2.05) is 13.0 Å². The number of anilines is 1. The van der Waals surface area contributed by atoms with Gasteiger partial charge in [0.2, 0.25) is 5.91 Å². The second-order valence-corrected chi connectivity index (χ2v) is 6.54. The Kier molecular flexibility index (Phi) is 5.37. The van der Waals surface area contributed by atoms with Crippen molar-refractivity contribution in [2.24, 2.45) is 0 Å². The second-order valence-electron chi connectivity index (χ2n) is 6.13. The van der Waals surface area contributed by atoms with Crippen molar-refractivity contribution in [3.05, 3.63) is 81.0 Å². The number of para-hydroxylation sites is 1. The third-order valence-electron chi connectivity index (χ3n) is 4.03. The topological polar surface area (TPSA) is 64.0 Å². The molecule has 1 heterocycles. The van der Waals surface area contributed by atoms with Crippen LogP contribution in [0.3, 0.4) is 0 Å². The summed E-state index contributed by atoms with van der Waals surface area (Å²) in [6, 6.07) is 12.2. The van der Waals surface area contributed by atoms with Crippen LogP contribution in [0.2, 0.25) is 5.02 Å². The second kappa shape index (κ2) is 7.72. The molecule has 0 aliphatic carbocycles. The molecule has 0 aliphatic rings. The number of nitrogens with one attached hydrogen (secondary N) is 1. The van der Waals surface area contributed by atoms with E-state index >= 15 is 0 Å². The van der Waals surface area contributed by atoms with Crippen molar-refractivity contribution in [1.82, 2.24) is 9.55 Å². The minimum absolute atomic E-state index is 0.247. The van der Waals surface area contributed by atoms with Crippen molar-refractivity contribution < 1.29 is 9.18 Å². The van der Waals surface area contributed by atoms with Crippen molar-refractivity contribution in [2.75, 3.05) is 5.32 Å². The summed E-state index contributed by atoms with van der Waals surface area (Å²) in [5.74, 6) is -0.513. The highest BCUT2D eigenvalue weighted by Gasteiger charge is 2.15. The summed E-state index contributed by atoms with van der Waals surface area (Å²) in [6.45, 7) is 3.26. The molecule has 0 atom stereocenters. The lowest BCUT2D eigenvalue weighted by Crippen LogP contribution is -2.29. The third kappa shape index (κ3) is 4.23. The first kappa shape index (κ1) is 18.8. The highest BCUT2D eigenvalue weighted by atomic mass is 35.5. The van der Waals surface area contributed by atoms with Gasteiger partial charge >= 0.3 is 0 Å². The molecule has 0 fully saturated rings. The summed E-state index contributed by atoms with van der Waals surface area (Å²) >= 11 is 6.14. The zero-order valence-corrected chi connectivity index (χ0v) is 15.5. The van der Waals surface area contributed by atoms with Crippen LogP contribution in [-0.4, -0.2) is 15.5 Å². The number of benzene rings is 2. The molecule has 3 rings (SSSR count). The molecule has 1 N–H and O–H groups in total. The van der Waals surface area contributed by atoms with Gasteiger partial charge < -0.3 is 5.32 Å². The molecule has 0 radical (unpaired) electrons. The Bertz CT molecular complexity index is 1040. The Hall–Kier alpha value is -2.99. The molecule has 3 aromatic rings. The van der Waals surface area contributed by atoms with E-state index < -0.39 is 11.7 Å². The van der Waals surface area contributed by atoms with E-state index in [0.29, 0.717) is 27.8 Å². The minimum Gasteiger partial charge on any atom is -0.323 e. The first-order valence-corrected chi connectivity index (χ1v) is 8.62. The maximum Gasteiger partial charge on any atom is 0.254 e. The molecule has 7 heteroatoms. The monoisotopic (exact) mass is 385 g/mol. The summed E-state index contributed by atoms with van der Waals surface area (Å²) in [4.78, 5) is 29.4. The van der Waals surface area contributed by atoms with Crippen molar-refractivity contribution in [2.45, 2.75) is 20.4 Å². The summed E-state index contributed by atoms with van der Waals surface area (Å²) in [5, 5.41) is 3.15. The Balaban J connectivity index is 1.96. The SMILES string of the molecule is Cc1cc(=O)n(CC(=O)Nc2c(C)cccc2Cl)c(-c2ccc(F)cc2)n1. The van der Waals surface area contributed by atoms with Crippen LogP contribution in [0.4, 0.5) is 10.1 Å². The van der Waals surface area contributed by atoms with E-state index in [4.69, 9.17) is 11.6 Å². The lowest BCUT2D eigenvalue weighted by atomic mass is 10.2. The zero-order chi connectivity index (χ0) is 19.6. The average Bonchev–Trinajstić information content (AvgIpc) is 2.61. The van der Waals surface area contributed by atoms with Crippen molar-refractivity contribution in [3.8, 4) is 11.4 Å². The third-order valence-corrected chi connectivity index (χ3v) is 4.34. The first-order chi connectivity index (χ1) is 12.8. The number of hydrogen-bond donors (Lipinski definition) is 1. The fraction of sp³-hybridized carbons (Fsp3) is 0.150. The summed E-state index contributed by atoms with van der Waals surface area (Å²) in [7, 11) is 0. The van der Waals surface area contributed by atoms with Gasteiger partial charge in [0.15, 0.2) is 0 Å². The normalized spacial score (nSPS) is 10.7. The maximum absolute atomic E-state index is 13.2. The molecule has 0 saturated heterocycles. The van der Waals surface area contributed by atoms with Gasteiger partial charge in [-0.15, -0.1) is 0 Å². The fourth-order valence-electron chi connectivity index (χ4n) is 2.71. The van der Waals surface area contributed by atoms with Gasteiger partial charge in [0.1, 0.15) is 18.2 Å². The van der Waals surface area contributed by atoms with Crippen LogP contribution in [0.1, 0.15) is 11.3 Å². The lowest BCUT2D eigenvalue weighted by Gasteiger charge is -2.14. The predicted octanol–water partition coefficient (Wildman–Crippen LogP) is 3.96. The van der Waals surface area contributed by atoms with Crippen LogP contribution in [0.25, 0.3) is 11.4 Å². The van der Waals surface area contributed by atoms with E-state index in [1.54, 1.807) is 19.1 Å². The quantitative estimate of drug-likeness (QED) is 0.739. The van der Waals surface area contributed by atoms with Crippen LogP contribution in [-0.2, 0) is 11.3 Å². The van der Waals surface area contributed by atoms with Gasteiger partial charge in [0.25, 0.3) is 5.56 Å².